The molecule has 2 aromatic carbocycles. The van der Waals surface area contributed by atoms with E-state index < -0.39 is 0 Å². The second-order valence-corrected chi connectivity index (χ2v) is 6.82. The Morgan fingerprint density at radius 3 is 2.69 bits per heavy atom. The number of nitrogens with one attached hydrogen (secondary N) is 2. The lowest BCUT2D eigenvalue weighted by molar-refractivity contribution is 0.0526. The van der Waals surface area contributed by atoms with E-state index in [0.29, 0.717) is 34.4 Å². The molecule has 26 heavy (non-hydrogen) atoms. The molecule has 3 rings (SSSR count). The zero-order valence-electron chi connectivity index (χ0n) is 13.9. The Morgan fingerprint density at radius 1 is 1.19 bits per heavy atom. The van der Waals surface area contributed by atoms with Crippen LogP contribution in [-0.4, -0.2) is 23.6 Å². The van der Waals surface area contributed by atoms with E-state index >= 15 is 0 Å². The Hall–Kier alpha value is -2.64. The van der Waals surface area contributed by atoms with Crippen molar-refractivity contribution in [2.75, 3.05) is 11.9 Å². The highest BCUT2D eigenvalue weighted by Crippen LogP contribution is 2.27. The molecule has 0 saturated carbocycles. The summed E-state index contributed by atoms with van der Waals surface area (Å²) in [7, 11) is 0. The third-order valence-corrected chi connectivity index (χ3v) is 4.67. The summed E-state index contributed by atoms with van der Waals surface area (Å²) in [6, 6.07) is 12.0. The number of hydrogen-bond acceptors (Lipinski definition) is 5. The lowest BCUT2D eigenvalue weighted by atomic mass is 10.2. The number of ether oxygens (including phenoxy) is 1. The normalized spacial score (nSPS) is 10.5. The number of anilines is 1. The third kappa shape index (κ3) is 4.50. The van der Waals surface area contributed by atoms with Crippen molar-refractivity contribution < 1.29 is 14.3 Å². The van der Waals surface area contributed by atoms with Gasteiger partial charge in [0.15, 0.2) is 5.13 Å². The number of rotatable bonds is 5. The number of urea groups is 1. The number of benzene rings is 2. The first kappa shape index (κ1) is 18.2. The number of carbonyl (C=O) groups excluding carboxylic acids is 2. The molecule has 0 aliphatic rings. The number of esters is 1. The molecule has 0 bridgehead atoms. The topological polar surface area (TPSA) is 80.3 Å². The van der Waals surface area contributed by atoms with Gasteiger partial charge in [-0.1, -0.05) is 35.1 Å². The van der Waals surface area contributed by atoms with E-state index in [-0.39, 0.29) is 12.0 Å². The van der Waals surface area contributed by atoms with Gasteiger partial charge >= 0.3 is 12.0 Å². The molecule has 0 atom stereocenters. The maximum atomic E-state index is 12.0. The van der Waals surface area contributed by atoms with Crippen molar-refractivity contribution in [3.63, 3.8) is 0 Å². The van der Waals surface area contributed by atoms with E-state index in [9.17, 15) is 9.59 Å². The van der Waals surface area contributed by atoms with Crippen LogP contribution in [0, 0.1) is 0 Å². The van der Waals surface area contributed by atoms with Crippen molar-refractivity contribution >= 4 is 50.3 Å². The summed E-state index contributed by atoms with van der Waals surface area (Å²) in [4.78, 5) is 28.2. The van der Waals surface area contributed by atoms with Gasteiger partial charge < -0.3 is 10.1 Å². The van der Waals surface area contributed by atoms with Gasteiger partial charge in [-0.3, -0.25) is 5.32 Å². The van der Waals surface area contributed by atoms with Gasteiger partial charge in [-0.05, 0) is 42.8 Å². The molecule has 0 aliphatic heterocycles. The molecule has 8 heteroatoms. The summed E-state index contributed by atoms with van der Waals surface area (Å²) >= 11 is 7.12. The molecule has 0 unspecified atom stereocenters. The van der Waals surface area contributed by atoms with Crippen molar-refractivity contribution in [1.82, 2.24) is 10.3 Å². The second-order valence-electron chi connectivity index (χ2n) is 5.36. The summed E-state index contributed by atoms with van der Waals surface area (Å²) in [6.45, 7) is 2.45. The molecule has 0 fully saturated rings. The van der Waals surface area contributed by atoms with Crippen LogP contribution in [0.15, 0.2) is 42.5 Å². The summed E-state index contributed by atoms with van der Waals surface area (Å²) in [6.07, 6.45) is 0. The van der Waals surface area contributed by atoms with Crippen LogP contribution in [0.5, 0.6) is 0 Å². The van der Waals surface area contributed by atoms with E-state index in [0.717, 1.165) is 10.3 Å². The van der Waals surface area contributed by atoms with Crippen LogP contribution in [0.25, 0.3) is 10.2 Å². The first-order valence-electron chi connectivity index (χ1n) is 7.92. The molecule has 134 valence electrons. The van der Waals surface area contributed by atoms with E-state index in [1.54, 1.807) is 37.3 Å². The van der Waals surface area contributed by atoms with Gasteiger partial charge in [0.1, 0.15) is 0 Å². The average Bonchev–Trinajstić information content (AvgIpc) is 3.02. The Bertz CT molecular complexity index is 941. The van der Waals surface area contributed by atoms with Gasteiger partial charge in [0.25, 0.3) is 0 Å². The van der Waals surface area contributed by atoms with Gasteiger partial charge in [0, 0.05) is 11.6 Å². The number of carbonyl (C=O) groups is 2. The first-order valence-corrected chi connectivity index (χ1v) is 9.11. The summed E-state index contributed by atoms with van der Waals surface area (Å²) in [5.74, 6) is -0.377. The van der Waals surface area contributed by atoms with E-state index in [4.69, 9.17) is 16.3 Å². The smallest absolute Gasteiger partial charge is 0.338 e. The maximum absolute atomic E-state index is 12.0. The van der Waals surface area contributed by atoms with E-state index in [2.05, 4.69) is 15.6 Å². The largest absolute Gasteiger partial charge is 0.462 e. The number of fused-ring (bicyclic) bond motifs is 1. The SMILES string of the molecule is CCOC(=O)c1ccc2nc(NC(=O)NCc3ccc(Cl)cc3)sc2c1. The highest BCUT2D eigenvalue weighted by atomic mass is 35.5. The molecule has 1 heterocycles. The van der Waals surface area contributed by atoms with Crippen molar-refractivity contribution in [2.24, 2.45) is 0 Å². The van der Waals surface area contributed by atoms with Crippen molar-refractivity contribution in [1.29, 1.82) is 0 Å². The standard InChI is InChI=1S/C18H16ClN3O3S/c1-2-25-16(23)12-5-8-14-15(9-12)26-18(21-14)22-17(24)20-10-11-3-6-13(19)7-4-11/h3-9H,2,10H2,1H3,(H2,20,21,22,24). The maximum Gasteiger partial charge on any atom is 0.338 e. The Morgan fingerprint density at radius 2 is 1.96 bits per heavy atom. The molecule has 6 nitrogen and oxygen atoms in total. The number of halogens is 1. The number of amides is 2. The van der Waals surface area contributed by atoms with Crippen LogP contribution >= 0.6 is 22.9 Å². The van der Waals surface area contributed by atoms with Crippen LogP contribution in [0.4, 0.5) is 9.93 Å². The Kier molecular flexibility index (Phi) is 5.70. The molecule has 0 aliphatic carbocycles. The van der Waals surface area contributed by atoms with Crippen LogP contribution in [0.2, 0.25) is 5.02 Å². The monoisotopic (exact) mass is 389 g/mol. The molecular weight excluding hydrogens is 374 g/mol. The van der Waals surface area contributed by atoms with Crippen LogP contribution in [-0.2, 0) is 11.3 Å². The van der Waals surface area contributed by atoms with E-state index in [1.165, 1.54) is 11.3 Å². The van der Waals surface area contributed by atoms with Crippen LogP contribution in [0.3, 0.4) is 0 Å². The molecule has 2 amide bonds. The zero-order chi connectivity index (χ0) is 18.5. The minimum Gasteiger partial charge on any atom is -0.462 e. The predicted molar refractivity (Wildman–Crippen MR) is 103 cm³/mol. The first-order chi connectivity index (χ1) is 12.5. The summed E-state index contributed by atoms with van der Waals surface area (Å²) in [5.41, 5.74) is 2.10. The fourth-order valence-electron chi connectivity index (χ4n) is 2.25. The van der Waals surface area contributed by atoms with Gasteiger partial charge in [-0.25, -0.2) is 14.6 Å². The van der Waals surface area contributed by atoms with Gasteiger partial charge in [0.05, 0.1) is 22.4 Å². The second kappa shape index (κ2) is 8.16. The highest BCUT2D eigenvalue weighted by Gasteiger charge is 2.11. The summed E-state index contributed by atoms with van der Waals surface area (Å²) in [5, 5.41) is 6.56. The van der Waals surface area contributed by atoms with Crippen molar-refractivity contribution in [3.8, 4) is 0 Å². The number of hydrogen-bond donors (Lipinski definition) is 2. The Labute approximate surface area is 159 Å². The third-order valence-electron chi connectivity index (χ3n) is 3.49. The van der Waals surface area contributed by atoms with Gasteiger partial charge in [0.2, 0.25) is 0 Å². The number of nitrogens with zero attached hydrogens (tertiary/aromatic N) is 1. The van der Waals surface area contributed by atoms with Crippen LogP contribution in [0.1, 0.15) is 22.8 Å². The quantitative estimate of drug-likeness (QED) is 0.632. The Balaban J connectivity index is 1.63. The van der Waals surface area contributed by atoms with Crippen molar-refractivity contribution in [2.45, 2.75) is 13.5 Å². The molecule has 2 N–H and O–H groups in total. The zero-order valence-corrected chi connectivity index (χ0v) is 15.5. The lowest BCUT2D eigenvalue weighted by Gasteiger charge is -2.05. The molecule has 0 radical (unpaired) electrons. The lowest BCUT2D eigenvalue weighted by Crippen LogP contribution is -2.28. The average molecular weight is 390 g/mol. The minimum atomic E-state index is -0.377. The fraction of sp³-hybridized carbons (Fsp3) is 0.167. The molecule has 1 aromatic heterocycles. The molecule has 3 aromatic rings. The minimum absolute atomic E-state index is 0.320. The molecule has 0 saturated heterocycles. The number of thiazole rings is 1. The highest BCUT2D eigenvalue weighted by molar-refractivity contribution is 7.22. The number of aromatic nitrogens is 1. The molecule has 0 spiro atoms. The molecular formula is C18H16ClN3O3S. The van der Waals surface area contributed by atoms with Crippen LogP contribution < -0.4 is 10.6 Å². The summed E-state index contributed by atoms with van der Waals surface area (Å²) < 4.78 is 5.78. The predicted octanol–water partition coefficient (Wildman–Crippen LogP) is 4.45. The van der Waals surface area contributed by atoms with Gasteiger partial charge in [-0.15, -0.1) is 0 Å². The van der Waals surface area contributed by atoms with E-state index in [1.807, 2.05) is 12.1 Å². The fourth-order valence-corrected chi connectivity index (χ4v) is 3.27. The van der Waals surface area contributed by atoms with Crippen molar-refractivity contribution in [3.05, 3.63) is 58.6 Å². The van der Waals surface area contributed by atoms with Gasteiger partial charge in [-0.2, -0.15) is 0 Å².